The number of hydrogen-bond acceptors (Lipinski definition) is 5. The smallest absolute Gasteiger partial charge is 0.406 e. The molecule has 11 heteroatoms. The number of halogens is 3. The van der Waals surface area contributed by atoms with Crippen LogP contribution in [0.25, 0.3) is 0 Å². The summed E-state index contributed by atoms with van der Waals surface area (Å²) in [5.41, 5.74) is -0.292. The van der Waals surface area contributed by atoms with Crippen LogP contribution in [-0.2, 0) is 9.59 Å². The molecule has 0 spiro atoms. The fraction of sp³-hybridized carbons (Fsp3) is 0.429. The van der Waals surface area contributed by atoms with Gasteiger partial charge in [0, 0.05) is 20.2 Å². The highest BCUT2D eigenvalue weighted by Gasteiger charge is 2.34. The van der Waals surface area contributed by atoms with Gasteiger partial charge in [-0.2, -0.15) is 13.2 Å². The van der Waals surface area contributed by atoms with Crippen molar-refractivity contribution in [3.63, 3.8) is 0 Å². The Hall–Kier alpha value is -2.85. The van der Waals surface area contributed by atoms with Crippen LogP contribution in [0.1, 0.15) is 0 Å². The minimum Gasteiger partial charge on any atom is -0.484 e. The highest BCUT2D eigenvalue weighted by Crippen LogP contribution is 2.20. The molecule has 0 atom stereocenters. The van der Waals surface area contributed by atoms with Crippen LogP contribution in [0.3, 0.4) is 0 Å². The first-order valence-electron chi connectivity index (χ1n) is 6.91. The Morgan fingerprint density at radius 3 is 2.40 bits per heavy atom. The largest absolute Gasteiger partial charge is 0.484 e. The van der Waals surface area contributed by atoms with Crippen molar-refractivity contribution in [1.82, 2.24) is 9.80 Å². The number of rotatable bonds is 7. The molecule has 0 saturated carbocycles. The Labute approximate surface area is 140 Å². The Morgan fingerprint density at radius 1 is 1.24 bits per heavy atom. The normalized spacial score (nSPS) is 10.9. The number of hydrogen-bond donors (Lipinski definition) is 0. The Morgan fingerprint density at radius 2 is 1.88 bits per heavy atom. The third-order valence-electron chi connectivity index (χ3n) is 2.94. The van der Waals surface area contributed by atoms with Crippen LogP contribution < -0.4 is 4.74 Å². The van der Waals surface area contributed by atoms with E-state index in [9.17, 15) is 32.9 Å². The fourth-order valence-corrected chi connectivity index (χ4v) is 1.68. The summed E-state index contributed by atoms with van der Waals surface area (Å²) < 4.78 is 42.8. The maximum Gasteiger partial charge on any atom is 0.406 e. The van der Waals surface area contributed by atoms with E-state index in [1.807, 2.05) is 0 Å². The summed E-state index contributed by atoms with van der Waals surface area (Å²) in [6, 6.07) is 4.85. The maximum atomic E-state index is 12.6. The van der Waals surface area contributed by atoms with Gasteiger partial charge in [0.15, 0.2) is 6.61 Å². The van der Waals surface area contributed by atoms with E-state index in [4.69, 9.17) is 4.74 Å². The summed E-state index contributed by atoms with van der Waals surface area (Å²) in [4.78, 5) is 34.9. The SMILES string of the molecule is CN(C)C(=O)CN(CC(F)(F)F)C(=O)COc1cccc([N+](=O)[O-])c1. The number of nitro benzene ring substituents is 1. The summed E-state index contributed by atoms with van der Waals surface area (Å²) in [7, 11) is 2.69. The van der Waals surface area contributed by atoms with Gasteiger partial charge in [-0.15, -0.1) is 0 Å². The quantitative estimate of drug-likeness (QED) is 0.540. The van der Waals surface area contributed by atoms with Gasteiger partial charge in [0.2, 0.25) is 5.91 Å². The molecular formula is C14H16F3N3O5. The lowest BCUT2D eigenvalue weighted by Gasteiger charge is -2.24. The summed E-state index contributed by atoms with van der Waals surface area (Å²) in [5.74, 6) is -1.81. The van der Waals surface area contributed by atoms with Crippen molar-refractivity contribution >= 4 is 17.5 Å². The average molecular weight is 363 g/mol. The zero-order valence-corrected chi connectivity index (χ0v) is 13.4. The lowest BCUT2D eigenvalue weighted by molar-refractivity contribution is -0.384. The summed E-state index contributed by atoms with van der Waals surface area (Å²) in [6.07, 6.45) is -4.69. The Kier molecular flexibility index (Phi) is 6.71. The molecule has 1 rings (SSSR count). The van der Waals surface area contributed by atoms with Gasteiger partial charge in [0.1, 0.15) is 18.8 Å². The van der Waals surface area contributed by atoms with Crippen LogP contribution in [0.5, 0.6) is 5.75 Å². The monoisotopic (exact) mass is 363 g/mol. The average Bonchev–Trinajstić information content (AvgIpc) is 2.50. The van der Waals surface area contributed by atoms with Gasteiger partial charge in [-0.05, 0) is 6.07 Å². The van der Waals surface area contributed by atoms with Crippen LogP contribution >= 0.6 is 0 Å². The molecule has 0 bridgehead atoms. The molecule has 1 aromatic carbocycles. The van der Waals surface area contributed by atoms with E-state index in [-0.39, 0.29) is 11.4 Å². The number of nitro groups is 1. The van der Waals surface area contributed by atoms with Crippen molar-refractivity contribution in [3.05, 3.63) is 34.4 Å². The Bertz CT molecular complexity index is 649. The van der Waals surface area contributed by atoms with Gasteiger partial charge in [0.25, 0.3) is 11.6 Å². The molecule has 0 radical (unpaired) electrons. The molecule has 0 unspecified atom stereocenters. The van der Waals surface area contributed by atoms with Crippen molar-refractivity contribution in [2.75, 3.05) is 33.8 Å². The van der Waals surface area contributed by atoms with Gasteiger partial charge in [-0.3, -0.25) is 19.7 Å². The third kappa shape index (κ3) is 7.06. The first-order valence-corrected chi connectivity index (χ1v) is 6.91. The maximum absolute atomic E-state index is 12.6. The molecule has 1 aromatic rings. The van der Waals surface area contributed by atoms with Crippen molar-refractivity contribution in [2.45, 2.75) is 6.18 Å². The lowest BCUT2D eigenvalue weighted by atomic mass is 10.3. The summed E-state index contributed by atoms with van der Waals surface area (Å²) in [6.45, 7) is -3.16. The standard InChI is InChI=1S/C14H16F3N3O5/c1-18(2)12(21)7-19(9-14(15,16)17)13(22)8-25-11-5-3-4-10(6-11)20(23)24/h3-6H,7-9H2,1-2H3. The number of carbonyl (C=O) groups is 2. The molecular weight excluding hydrogens is 347 g/mol. The molecule has 2 amide bonds. The zero-order valence-electron chi connectivity index (χ0n) is 13.4. The molecule has 8 nitrogen and oxygen atoms in total. The van der Waals surface area contributed by atoms with Crippen LogP contribution in [0.2, 0.25) is 0 Å². The molecule has 0 saturated heterocycles. The van der Waals surface area contributed by atoms with Crippen molar-refractivity contribution in [3.8, 4) is 5.75 Å². The minimum absolute atomic E-state index is 0.0477. The molecule has 25 heavy (non-hydrogen) atoms. The van der Waals surface area contributed by atoms with Crippen LogP contribution in [0, 0.1) is 10.1 Å². The lowest BCUT2D eigenvalue weighted by Crippen LogP contribution is -2.46. The first kappa shape index (κ1) is 20.2. The van der Waals surface area contributed by atoms with Gasteiger partial charge in [-0.25, -0.2) is 0 Å². The van der Waals surface area contributed by atoms with Crippen molar-refractivity contribution in [2.24, 2.45) is 0 Å². The van der Waals surface area contributed by atoms with Crippen LogP contribution in [-0.4, -0.2) is 66.5 Å². The molecule has 138 valence electrons. The van der Waals surface area contributed by atoms with E-state index < -0.39 is 42.6 Å². The number of carbonyl (C=O) groups excluding carboxylic acids is 2. The predicted molar refractivity (Wildman–Crippen MR) is 79.9 cm³/mol. The highest BCUT2D eigenvalue weighted by atomic mass is 19.4. The van der Waals surface area contributed by atoms with E-state index in [1.54, 1.807) is 0 Å². The third-order valence-corrected chi connectivity index (χ3v) is 2.94. The van der Waals surface area contributed by atoms with Gasteiger partial charge >= 0.3 is 6.18 Å². The molecule has 0 aliphatic heterocycles. The highest BCUT2D eigenvalue weighted by molar-refractivity contribution is 5.85. The number of non-ortho nitro benzene ring substituents is 1. The molecule has 0 fully saturated rings. The second-order valence-electron chi connectivity index (χ2n) is 5.20. The van der Waals surface area contributed by atoms with Crippen LogP contribution in [0.15, 0.2) is 24.3 Å². The molecule has 0 aliphatic carbocycles. The first-order chi connectivity index (χ1) is 11.5. The van der Waals surface area contributed by atoms with E-state index in [2.05, 4.69) is 0 Å². The van der Waals surface area contributed by atoms with Crippen LogP contribution in [0.4, 0.5) is 18.9 Å². The van der Waals surface area contributed by atoms with E-state index >= 15 is 0 Å². The van der Waals surface area contributed by atoms with Crippen molar-refractivity contribution in [1.29, 1.82) is 0 Å². The minimum atomic E-state index is -4.69. The topological polar surface area (TPSA) is 93.0 Å². The number of amides is 2. The van der Waals surface area contributed by atoms with Gasteiger partial charge in [-0.1, -0.05) is 6.07 Å². The molecule has 0 N–H and O–H groups in total. The fourth-order valence-electron chi connectivity index (χ4n) is 1.68. The molecule has 0 aromatic heterocycles. The summed E-state index contributed by atoms with van der Waals surface area (Å²) in [5, 5.41) is 10.6. The number of likely N-dealkylation sites (N-methyl/N-ethyl adjacent to an activating group) is 1. The molecule has 0 heterocycles. The van der Waals surface area contributed by atoms with Gasteiger partial charge in [0.05, 0.1) is 11.0 Å². The molecule has 0 aliphatic rings. The second kappa shape index (κ2) is 8.31. The van der Waals surface area contributed by atoms with Crippen molar-refractivity contribution < 1.29 is 32.4 Å². The summed E-state index contributed by atoms with van der Waals surface area (Å²) >= 11 is 0. The number of benzene rings is 1. The Balaban J connectivity index is 2.78. The van der Waals surface area contributed by atoms with E-state index in [0.717, 1.165) is 11.0 Å². The number of alkyl halides is 3. The van der Waals surface area contributed by atoms with E-state index in [0.29, 0.717) is 4.90 Å². The second-order valence-corrected chi connectivity index (χ2v) is 5.20. The van der Waals surface area contributed by atoms with Gasteiger partial charge < -0.3 is 14.5 Å². The number of nitrogens with zero attached hydrogens (tertiary/aromatic N) is 3. The predicted octanol–water partition coefficient (Wildman–Crippen LogP) is 1.45. The zero-order chi connectivity index (χ0) is 19.2. The van der Waals surface area contributed by atoms with E-state index in [1.165, 1.54) is 32.3 Å². The number of ether oxygens (including phenoxy) is 1.